The van der Waals surface area contributed by atoms with Crippen molar-refractivity contribution in [3.63, 3.8) is 0 Å². The molecule has 4 heteroatoms. The predicted molar refractivity (Wildman–Crippen MR) is 86.8 cm³/mol. The van der Waals surface area contributed by atoms with Gasteiger partial charge in [-0.05, 0) is 39.1 Å². The number of rotatable bonds is 3. The van der Waals surface area contributed by atoms with Crippen molar-refractivity contribution in [1.82, 2.24) is 14.4 Å². The Labute approximate surface area is 126 Å². The molecule has 0 aliphatic carbocycles. The van der Waals surface area contributed by atoms with Crippen molar-refractivity contribution >= 4 is 10.9 Å². The van der Waals surface area contributed by atoms with Gasteiger partial charge < -0.3 is 14.6 Å². The molecular weight excluding hydrogens is 262 g/mol. The Bertz CT molecular complexity index is 624. The van der Waals surface area contributed by atoms with Crippen molar-refractivity contribution in [3.8, 4) is 5.75 Å². The zero-order valence-electron chi connectivity index (χ0n) is 13.2. The highest BCUT2D eigenvalue weighted by Crippen LogP contribution is 2.31. The number of piperazine rings is 1. The lowest BCUT2D eigenvalue weighted by molar-refractivity contribution is 0.145. The first-order valence-corrected chi connectivity index (χ1v) is 7.79. The minimum absolute atomic E-state index is 0.381. The SMILES string of the molecule is CC(C)n1c(CN2CCN(C)CC2)cc2c(O)cccc21. The van der Waals surface area contributed by atoms with Crippen molar-refractivity contribution in [3.05, 3.63) is 30.0 Å². The predicted octanol–water partition coefficient (Wildman–Crippen LogP) is 2.68. The van der Waals surface area contributed by atoms with Crippen molar-refractivity contribution in [2.75, 3.05) is 33.2 Å². The molecule has 0 saturated carbocycles. The van der Waals surface area contributed by atoms with E-state index in [9.17, 15) is 5.11 Å². The van der Waals surface area contributed by atoms with E-state index in [0.717, 1.165) is 43.6 Å². The van der Waals surface area contributed by atoms with Gasteiger partial charge in [0.1, 0.15) is 5.75 Å². The highest BCUT2D eigenvalue weighted by molar-refractivity contribution is 5.87. The lowest BCUT2D eigenvalue weighted by Crippen LogP contribution is -2.44. The summed E-state index contributed by atoms with van der Waals surface area (Å²) in [5.41, 5.74) is 2.43. The lowest BCUT2D eigenvalue weighted by atomic mass is 10.2. The number of nitrogens with zero attached hydrogens (tertiary/aromatic N) is 3. The minimum atomic E-state index is 0.381. The van der Waals surface area contributed by atoms with Crippen LogP contribution in [-0.4, -0.2) is 52.7 Å². The Hall–Kier alpha value is -1.52. The van der Waals surface area contributed by atoms with Gasteiger partial charge in [-0.15, -0.1) is 0 Å². The van der Waals surface area contributed by atoms with E-state index in [2.05, 4.69) is 47.4 Å². The van der Waals surface area contributed by atoms with Crippen molar-refractivity contribution in [1.29, 1.82) is 0 Å². The van der Waals surface area contributed by atoms with E-state index in [1.165, 1.54) is 5.69 Å². The third-order valence-electron chi connectivity index (χ3n) is 4.44. The van der Waals surface area contributed by atoms with Gasteiger partial charge in [-0.25, -0.2) is 0 Å². The summed E-state index contributed by atoms with van der Waals surface area (Å²) < 4.78 is 2.35. The average Bonchev–Trinajstić information content (AvgIpc) is 2.81. The van der Waals surface area contributed by atoms with E-state index in [0.29, 0.717) is 11.8 Å². The Morgan fingerprint density at radius 2 is 1.86 bits per heavy atom. The number of aromatic hydroxyl groups is 1. The molecule has 1 aromatic heterocycles. The van der Waals surface area contributed by atoms with Crippen molar-refractivity contribution in [2.45, 2.75) is 26.4 Å². The molecule has 0 atom stereocenters. The third-order valence-corrected chi connectivity index (χ3v) is 4.44. The van der Waals surface area contributed by atoms with Crippen molar-refractivity contribution < 1.29 is 5.11 Å². The van der Waals surface area contributed by atoms with Crippen LogP contribution in [0.25, 0.3) is 10.9 Å². The monoisotopic (exact) mass is 287 g/mol. The van der Waals surface area contributed by atoms with Crippen LogP contribution in [0.5, 0.6) is 5.75 Å². The third kappa shape index (κ3) is 2.78. The molecule has 2 heterocycles. The highest BCUT2D eigenvalue weighted by Gasteiger charge is 2.18. The van der Waals surface area contributed by atoms with Gasteiger partial charge >= 0.3 is 0 Å². The number of fused-ring (bicyclic) bond motifs is 1. The summed E-state index contributed by atoms with van der Waals surface area (Å²) in [6, 6.07) is 8.35. The molecule has 1 fully saturated rings. The van der Waals surface area contributed by atoms with Crippen LogP contribution in [0, 0.1) is 0 Å². The normalized spacial score (nSPS) is 17.9. The minimum Gasteiger partial charge on any atom is -0.507 e. The smallest absolute Gasteiger partial charge is 0.124 e. The summed E-state index contributed by atoms with van der Waals surface area (Å²) in [7, 11) is 2.18. The van der Waals surface area contributed by atoms with Crippen LogP contribution in [-0.2, 0) is 6.54 Å². The summed E-state index contributed by atoms with van der Waals surface area (Å²) in [5.74, 6) is 0.381. The number of phenols is 1. The molecule has 2 aromatic rings. The van der Waals surface area contributed by atoms with E-state index >= 15 is 0 Å². The van der Waals surface area contributed by atoms with Gasteiger partial charge in [-0.3, -0.25) is 4.90 Å². The van der Waals surface area contributed by atoms with Gasteiger partial charge in [-0.2, -0.15) is 0 Å². The number of phenolic OH excluding ortho intramolecular Hbond substituents is 1. The van der Waals surface area contributed by atoms with Crippen LogP contribution in [0.15, 0.2) is 24.3 Å². The Morgan fingerprint density at radius 3 is 2.52 bits per heavy atom. The number of benzene rings is 1. The van der Waals surface area contributed by atoms with Gasteiger partial charge in [-0.1, -0.05) is 6.07 Å². The van der Waals surface area contributed by atoms with Crippen molar-refractivity contribution in [2.24, 2.45) is 0 Å². The van der Waals surface area contributed by atoms with Crippen LogP contribution < -0.4 is 0 Å². The molecule has 0 bridgehead atoms. The number of likely N-dealkylation sites (N-methyl/N-ethyl adjacent to an activating group) is 1. The van der Waals surface area contributed by atoms with E-state index in [1.807, 2.05) is 6.07 Å². The van der Waals surface area contributed by atoms with E-state index < -0.39 is 0 Å². The molecule has 1 aromatic carbocycles. The molecule has 0 unspecified atom stereocenters. The van der Waals surface area contributed by atoms with Gasteiger partial charge in [0.05, 0.1) is 5.52 Å². The number of hydrogen-bond acceptors (Lipinski definition) is 3. The van der Waals surface area contributed by atoms with Crippen LogP contribution >= 0.6 is 0 Å². The van der Waals surface area contributed by atoms with Crippen LogP contribution in [0.3, 0.4) is 0 Å². The highest BCUT2D eigenvalue weighted by atomic mass is 16.3. The maximum absolute atomic E-state index is 10.1. The molecule has 1 aliphatic rings. The number of hydrogen-bond donors (Lipinski definition) is 1. The summed E-state index contributed by atoms with van der Waals surface area (Å²) >= 11 is 0. The Balaban J connectivity index is 1.94. The first kappa shape index (κ1) is 14.4. The van der Waals surface area contributed by atoms with Gasteiger partial charge in [0.2, 0.25) is 0 Å². The topological polar surface area (TPSA) is 31.6 Å². The Kier molecular flexibility index (Phi) is 3.91. The van der Waals surface area contributed by atoms with Gasteiger partial charge in [0, 0.05) is 49.8 Å². The summed E-state index contributed by atoms with van der Waals surface area (Å²) in [5, 5.41) is 11.1. The standard InChI is InChI=1S/C17H25N3O/c1-13(2)20-14(12-19-9-7-18(3)8-10-19)11-15-16(20)5-4-6-17(15)21/h4-6,11,13,21H,7-10,12H2,1-3H3. The second-order valence-electron chi connectivity index (χ2n) is 6.39. The lowest BCUT2D eigenvalue weighted by Gasteiger charge is -2.32. The second-order valence-corrected chi connectivity index (χ2v) is 6.39. The fourth-order valence-corrected chi connectivity index (χ4v) is 3.26. The molecule has 0 radical (unpaired) electrons. The summed E-state index contributed by atoms with van der Waals surface area (Å²) in [6.07, 6.45) is 0. The van der Waals surface area contributed by atoms with Crippen LogP contribution in [0.1, 0.15) is 25.6 Å². The molecule has 114 valence electrons. The molecule has 0 amide bonds. The molecule has 21 heavy (non-hydrogen) atoms. The average molecular weight is 287 g/mol. The summed E-state index contributed by atoms with van der Waals surface area (Å²) in [6.45, 7) is 9.86. The van der Waals surface area contributed by atoms with E-state index in [1.54, 1.807) is 6.07 Å². The Morgan fingerprint density at radius 1 is 1.14 bits per heavy atom. The molecule has 0 spiro atoms. The zero-order valence-corrected chi connectivity index (χ0v) is 13.2. The van der Waals surface area contributed by atoms with E-state index in [-0.39, 0.29) is 0 Å². The van der Waals surface area contributed by atoms with Crippen LogP contribution in [0.4, 0.5) is 0 Å². The quantitative estimate of drug-likeness (QED) is 0.942. The molecule has 1 aliphatic heterocycles. The fourth-order valence-electron chi connectivity index (χ4n) is 3.26. The first-order chi connectivity index (χ1) is 10.1. The zero-order chi connectivity index (χ0) is 15.0. The second kappa shape index (κ2) is 5.70. The molecule has 4 nitrogen and oxygen atoms in total. The molecule has 3 rings (SSSR count). The van der Waals surface area contributed by atoms with Gasteiger partial charge in [0.25, 0.3) is 0 Å². The van der Waals surface area contributed by atoms with Crippen LogP contribution in [0.2, 0.25) is 0 Å². The maximum atomic E-state index is 10.1. The maximum Gasteiger partial charge on any atom is 0.124 e. The molecule has 1 saturated heterocycles. The van der Waals surface area contributed by atoms with E-state index in [4.69, 9.17) is 0 Å². The summed E-state index contributed by atoms with van der Waals surface area (Å²) in [4.78, 5) is 4.88. The molecule has 1 N–H and O–H groups in total. The van der Waals surface area contributed by atoms with Gasteiger partial charge in [0.15, 0.2) is 0 Å². The first-order valence-electron chi connectivity index (χ1n) is 7.79. The molecular formula is C17H25N3O. The number of aromatic nitrogens is 1. The fraction of sp³-hybridized carbons (Fsp3) is 0.529. The largest absolute Gasteiger partial charge is 0.507 e.